The van der Waals surface area contributed by atoms with Gasteiger partial charge in [-0.05, 0) is 12.5 Å². The van der Waals surface area contributed by atoms with Crippen molar-refractivity contribution < 1.29 is 9.53 Å². The molecular formula is C20H18N2O2S. The van der Waals surface area contributed by atoms with Crippen LogP contribution in [0.5, 0.6) is 0 Å². The van der Waals surface area contributed by atoms with E-state index < -0.39 is 0 Å². The summed E-state index contributed by atoms with van der Waals surface area (Å²) >= 11 is 1.28. The number of nitrogens with zero attached hydrogens (tertiary/aromatic N) is 2. The molecule has 2 aromatic carbocycles. The number of hydrogen-bond donors (Lipinski definition) is 0. The zero-order valence-electron chi connectivity index (χ0n) is 13.9. The zero-order chi connectivity index (χ0) is 17.5. The minimum absolute atomic E-state index is 0.201. The Morgan fingerprint density at radius 1 is 1.00 bits per heavy atom. The molecule has 0 aliphatic rings. The number of carbonyl (C=O) groups is 1. The lowest BCUT2D eigenvalue weighted by Gasteiger charge is -2.10. The van der Waals surface area contributed by atoms with Gasteiger partial charge >= 0.3 is 5.97 Å². The molecule has 0 amide bonds. The fraction of sp³-hybridized carbons (Fsp3) is 0.150. The predicted octanol–water partition coefficient (Wildman–Crippen LogP) is 4.47. The van der Waals surface area contributed by atoms with E-state index in [2.05, 4.69) is 4.98 Å². The van der Waals surface area contributed by atoms with Crippen LogP contribution < -0.4 is 0 Å². The van der Waals surface area contributed by atoms with Crippen molar-refractivity contribution in [2.45, 2.75) is 12.1 Å². The highest BCUT2D eigenvalue weighted by molar-refractivity contribution is 7.99. The van der Waals surface area contributed by atoms with Crippen LogP contribution in [0.15, 0.2) is 72.0 Å². The first-order valence-electron chi connectivity index (χ1n) is 8.04. The van der Waals surface area contributed by atoms with Crippen molar-refractivity contribution in [2.75, 3.05) is 12.4 Å². The van der Waals surface area contributed by atoms with Gasteiger partial charge in [0.1, 0.15) is 0 Å². The number of aromatic nitrogens is 2. The van der Waals surface area contributed by atoms with Gasteiger partial charge in [-0.25, -0.2) is 9.97 Å². The lowest BCUT2D eigenvalue weighted by Crippen LogP contribution is -2.07. The van der Waals surface area contributed by atoms with Crippen LogP contribution in [0, 0.1) is 0 Å². The molecule has 25 heavy (non-hydrogen) atoms. The lowest BCUT2D eigenvalue weighted by molar-refractivity contribution is -0.139. The molecule has 1 heterocycles. The molecule has 0 spiro atoms. The van der Waals surface area contributed by atoms with E-state index in [-0.39, 0.29) is 11.7 Å². The Morgan fingerprint density at radius 3 is 2.28 bits per heavy atom. The van der Waals surface area contributed by atoms with Gasteiger partial charge in [0.15, 0.2) is 5.16 Å². The smallest absolute Gasteiger partial charge is 0.316 e. The van der Waals surface area contributed by atoms with E-state index in [0.29, 0.717) is 11.8 Å². The quantitative estimate of drug-likeness (QED) is 0.373. The lowest BCUT2D eigenvalue weighted by atomic mass is 10.0. The number of benzene rings is 2. The van der Waals surface area contributed by atoms with Crippen molar-refractivity contribution in [1.29, 1.82) is 0 Å². The van der Waals surface area contributed by atoms with Crippen LogP contribution in [0.3, 0.4) is 0 Å². The van der Waals surface area contributed by atoms with Crippen LogP contribution in [0.25, 0.3) is 22.4 Å². The second-order valence-electron chi connectivity index (χ2n) is 5.24. The number of esters is 1. The summed E-state index contributed by atoms with van der Waals surface area (Å²) in [6.07, 6.45) is 1.82. The molecule has 4 nitrogen and oxygen atoms in total. The maximum atomic E-state index is 11.6. The van der Waals surface area contributed by atoms with Crippen molar-refractivity contribution in [3.63, 3.8) is 0 Å². The van der Waals surface area contributed by atoms with Gasteiger partial charge in [0.05, 0.1) is 18.1 Å². The second-order valence-corrected chi connectivity index (χ2v) is 6.18. The molecule has 0 atom stereocenters. The van der Waals surface area contributed by atoms with Crippen LogP contribution >= 0.6 is 11.8 Å². The number of rotatable bonds is 6. The molecule has 1 aromatic heterocycles. The molecule has 0 fully saturated rings. The average Bonchev–Trinajstić information content (AvgIpc) is 2.68. The van der Waals surface area contributed by atoms with Gasteiger partial charge in [-0.3, -0.25) is 4.79 Å². The molecule has 0 saturated carbocycles. The van der Waals surface area contributed by atoms with Crippen molar-refractivity contribution in [1.82, 2.24) is 9.97 Å². The fourth-order valence-corrected chi connectivity index (χ4v) is 3.02. The molecule has 0 aliphatic carbocycles. The SMILES string of the molecule is CCOC(=O)CSc1ncc(-c2ccccc2)c(-c2ccccc2)n1. The molecule has 3 aromatic rings. The number of thioether (sulfide) groups is 1. The molecule has 126 valence electrons. The Morgan fingerprint density at radius 2 is 1.64 bits per heavy atom. The molecule has 0 radical (unpaired) electrons. The highest BCUT2D eigenvalue weighted by atomic mass is 32.2. The minimum Gasteiger partial charge on any atom is -0.465 e. The summed E-state index contributed by atoms with van der Waals surface area (Å²) in [6, 6.07) is 20.0. The third-order valence-electron chi connectivity index (χ3n) is 3.52. The number of carbonyl (C=O) groups excluding carboxylic acids is 1. The maximum absolute atomic E-state index is 11.6. The minimum atomic E-state index is -0.260. The van der Waals surface area contributed by atoms with Gasteiger partial charge < -0.3 is 4.74 Å². The Bertz CT molecular complexity index is 839. The third-order valence-corrected chi connectivity index (χ3v) is 4.36. The van der Waals surface area contributed by atoms with E-state index >= 15 is 0 Å². The molecule has 0 unspecified atom stereocenters. The molecule has 0 N–H and O–H groups in total. The van der Waals surface area contributed by atoms with Crippen LogP contribution in [-0.4, -0.2) is 28.3 Å². The Hall–Kier alpha value is -2.66. The van der Waals surface area contributed by atoms with E-state index in [1.54, 1.807) is 6.92 Å². The summed E-state index contributed by atoms with van der Waals surface area (Å²) in [5, 5.41) is 0.562. The average molecular weight is 350 g/mol. The highest BCUT2D eigenvalue weighted by Crippen LogP contribution is 2.31. The molecule has 0 bridgehead atoms. The first kappa shape index (κ1) is 17.2. The molecule has 0 saturated heterocycles. The topological polar surface area (TPSA) is 52.1 Å². The first-order chi connectivity index (χ1) is 12.3. The summed E-state index contributed by atoms with van der Waals surface area (Å²) in [4.78, 5) is 20.7. The molecule has 5 heteroatoms. The monoisotopic (exact) mass is 350 g/mol. The Kier molecular flexibility index (Phi) is 5.80. The van der Waals surface area contributed by atoms with Crippen molar-refractivity contribution in [3.05, 3.63) is 66.9 Å². The van der Waals surface area contributed by atoms with E-state index in [1.807, 2.05) is 66.9 Å². The van der Waals surface area contributed by atoms with E-state index in [4.69, 9.17) is 9.72 Å². The van der Waals surface area contributed by atoms with Gasteiger partial charge in [-0.15, -0.1) is 0 Å². The third kappa shape index (κ3) is 4.45. The maximum Gasteiger partial charge on any atom is 0.316 e. The first-order valence-corrected chi connectivity index (χ1v) is 9.03. The number of ether oxygens (including phenoxy) is 1. The van der Waals surface area contributed by atoms with Crippen molar-refractivity contribution in [3.8, 4) is 22.4 Å². The van der Waals surface area contributed by atoms with Gasteiger partial charge in [0.25, 0.3) is 0 Å². The highest BCUT2D eigenvalue weighted by Gasteiger charge is 2.13. The second kappa shape index (κ2) is 8.44. The van der Waals surface area contributed by atoms with Gasteiger partial charge in [-0.2, -0.15) is 0 Å². The van der Waals surface area contributed by atoms with Crippen molar-refractivity contribution >= 4 is 17.7 Å². The van der Waals surface area contributed by atoms with Crippen LogP contribution in [0.4, 0.5) is 0 Å². The van der Waals surface area contributed by atoms with Gasteiger partial charge in [0.2, 0.25) is 0 Å². The van der Waals surface area contributed by atoms with E-state index in [0.717, 1.165) is 22.4 Å². The molecule has 0 aliphatic heterocycles. The van der Waals surface area contributed by atoms with Crippen LogP contribution in [-0.2, 0) is 9.53 Å². The largest absolute Gasteiger partial charge is 0.465 e. The van der Waals surface area contributed by atoms with Crippen LogP contribution in [0.2, 0.25) is 0 Å². The summed E-state index contributed by atoms with van der Waals surface area (Å²) in [7, 11) is 0. The van der Waals surface area contributed by atoms with Gasteiger partial charge in [0, 0.05) is 17.3 Å². The summed E-state index contributed by atoms with van der Waals surface area (Å²) < 4.78 is 4.96. The molecular weight excluding hydrogens is 332 g/mol. The normalized spacial score (nSPS) is 10.4. The van der Waals surface area contributed by atoms with E-state index in [9.17, 15) is 4.79 Å². The Balaban J connectivity index is 1.95. The summed E-state index contributed by atoms with van der Waals surface area (Å²) in [6.45, 7) is 2.17. The number of hydrogen-bond acceptors (Lipinski definition) is 5. The summed E-state index contributed by atoms with van der Waals surface area (Å²) in [5.41, 5.74) is 3.89. The molecule has 3 rings (SSSR count). The zero-order valence-corrected chi connectivity index (χ0v) is 14.7. The standard InChI is InChI=1S/C20H18N2O2S/c1-2-24-18(23)14-25-20-21-13-17(15-9-5-3-6-10-15)19(22-20)16-11-7-4-8-12-16/h3-13H,2,14H2,1H3. The van der Waals surface area contributed by atoms with E-state index in [1.165, 1.54) is 11.8 Å². The van der Waals surface area contributed by atoms with Crippen LogP contribution in [0.1, 0.15) is 6.92 Å². The Labute approximate surface area is 151 Å². The van der Waals surface area contributed by atoms with Crippen molar-refractivity contribution in [2.24, 2.45) is 0 Å². The summed E-state index contributed by atoms with van der Waals surface area (Å²) in [5.74, 6) is -0.0586. The van der Waals surface area contributed by atoms with Gasteiger partial charge in [-0.1, -0.05) is 72.4 Å². The predicted molar refractivity (Wildman–Crippen MR) is 100 cm³/mol. The fourth-order valence-electron chi connectivity index (χ4n) is 2.41.